The molecule has 100 valence electrons. The first-order valence-corrected chi connectivity index (χ1v) is 6.91. The van der Waals surface area contributed by atoms with Crippen LogP contribution in [-0.4, -0.2) is 36.4 Å². The van der Waals surface area contributed by atoms with E-state index in [0.29, 0.717) is 19.8 Å². The molecule has 0 amide bonds. The van der Waals surface area contributed by atoms with Crippen LogP contribution in [-0.2, 0) is 9.05 Å². The van der Waals surface area contributed by atoms with E-state index >= 15 is 0 Å². The predicted molar refractivity (Wildman–Crippen MR) is 67.0 cm³/mol. The van der Waals surface area contributed by atoms with E-state index < -0.39 is 8.60 Å². The summed E-state index contributed by atoms with van der Waals surface area (Å²) in [4.78, 5) is 9.12. The lowest BCUT2D eigenvalue weighted by molar-refractivity contribution is 0.196. The van der Waals surface area contributed by atoms with Gasteiger partial charge < -0.3 is 24.8 Å². The molecule has 0 saturated heterocycles. The monoisotopic (exact) mass is 255 g/mol. The molecule has 6 heteroatoms. The number of nitrogens with two attached hydrogens (primary N) is 1. The third-order valence-electron chi connectivity index (χ3n) is 1.53. The van der Waals surface area contributed by atoms with Gasteiger partial charge >= 0.3 is 8.60 Å². The maximum Gasteiger partial charge on any atom is 0.329 e. The second-order valence-corrected chi connectivity index (χ2v) is 4.12. The number of aliphatic hydroxyl groups excluding tert-OH is 1. The Hall–Kier alpha value is 0.230. The fourth-order valence-corrected chi connectivity index (χ4v) is 1.26. The summed E-state index contributed by atoms with van der Waals surface area (Å²) in [7, 11) is -1.60. The standard InChI is InChI=1S/C8H19O3P.C2H7NO/c1-3-5-7-10-12(9)11-8-6-4-2;3-1-2-4/h9H,3-8H2,1-2H3;4H,1-3H2. The van der Waals surface area contributed by atoms with E-state index in [1.54, 1.807) is 0 Å². The molecule has 4 N–H and O–H groups in total. The van der Waals surface area contributed by atoms with Crippen LogP contribution in [0.5, 0.6) is 0 Å². The number of hydrogen-bond donors (Lipinski definition) is 3. The van der Waals surface area contributed by atoms with Crippen molar-refractivity contribution in [1.29, 1.82) is 0 Å². The Morgan fingerprint density at radius 3 is 1.69 bits per heavy atom. The third-order valence-corrected chi connectivity index (χ3v) is 2.34. The van der Waals surface area contributed by atoms with Crippen LogP contribution in [0.4, 0.5) is 0 Å². The van der Waals surface area contributed by atoms with Crippen LogP contribution in [0, 0.1) is 0 Å². The lowest BCUT2D eigenvalue weighted by atomic mass is 10.4. The predicted octanol–water partition coefficient (Wildman–Crippen LogP) is 1.78. The molecular formula is C10H26NO4P. The van der Waals surface area contributed by atoms with Crippen LogP contribution >= 0.6 is 8.60 Å². The average Bonchev–Trinajstić information content (AvgIpc) is 2.30. The Bertz CT molecular complexity index is 107. The normalized spacial score (nSPS) is 10.1. The van der Waals surface area contributed by atoms with E-state index in [9.17, 15) is 0 Å². The largest absolute Gasteiger partial charge is 0.395 e. The summed E-state index contributed by atoms with van der Waals surface area (Å²) < 4.78 is 10.1. The second-order valence-electron chi connectivity index (χ2n) is 3.12. The van der Waals surface area contributed by atoms with Crippen LogP contribution in [0.15, 0.2) is 0 Å². The van der Waals surface area contributed by atoms with Gasteiger partial charge in [0.15, 0.2) is 0 Å². The summed E-state index contributed by atoms with van der Waals surface area (Å²) in [5.74, 6) is 0. The van der Waals surface area contributed by atoms with Crippen LogP contribution in [0.3, 0.4) is 0 Å². The van der Waals surface area contributed by atoms with Gasteiger partial charge in [-0.05, 0) is 12.8 Å². The molecule has 0 bridgehead atoms. The molecule has 0 fully saturated rings. The Kier molecular flexibility index (Phi) is 20.5. The minimum absolute atomic E-state index is 0.0972. The van der Waals surface area contributed by atoms with Gasteiger partial charge in [-0.15, -0.1) is 0 Å². The average molecular weight is 255 g/mol. The maximum atomic E-state index is 9.12. The zero-order valence-electron chi connectivity index (χ0n) is 10.4. The van der Waals surface area contributed by atoms with Gasteiger partial charge in [0.25, 0.3) is 0 Å². The third kappa shape index (κ3) is 19.7. The van der Waals surface area contributed by atoms with Crippen molar-refractivity contribution in [3.63, 3.8) is 0 Å². The molecule has 0 radical (unpaired) electrons. The fourth-order valence-electron chi connectivity index (χ4n) is 0.611. The highest BCUT2D eigenvalue weighted by molar-refractivity contribution is 7.40. The zero-order valence-corrected chi connectivity index (χ0v) is 11.3. The zero-order chi connectivity index (χ0) is 12.6. The molecule has 0 aliphatic heterocycles. The van der Waals surface area contributed by atoms with Crippen molar-refractivity contribution in [2.45, 2.75) is 39.5 Å². The summed E-state index contributed by atoms with van der Waals surface area (Å²) in [6.45, 7) is 5.84. The highest BCUT2D eigenvalue weighted by Gasteiger charge is 2.04. The lowest BCUT2D eigenvalue weighted by Crippen LogP contribution is -2.02. The Balaban J connectivity index is 0. The second kappa shape index (κ2) is 17.6. The van der Waals surface area contributed by atoms with Crippen LogP contribution in [0.25, 0.3) is 0 Å². The van der Waals surface area contributed by atoms with Crippen molar-refractivity contribution in [3.8, 4) is 0 Å². The topological polar surface area (TPSA) is 84.9 Å². The molecule has 0 aromatic heterocycles. The van der Waals surface area contributed by atoms with Crippen molar-refractivity contribution in [2.75, 3.05) is 26.4 Å². The van der Waals surface area contributed by atoms with E-state index in [4.69, 9.17) is 24.8 Å². The number of hydrogen-bond acceptors (Lipinski definition) is 5. The summed E-state index contributed by atoms with van der Waals surface area (Å²) in [5, 5.41) is 7.75. The minimum Gasteiger partial charge on any atom is -0.395 e. The number of rotatable bonds is 9. The summed E-state index contributed by atoms with van der Waals surface area (Å²) in [5.41, 5.74) is 4.78. The summed E-state index contributed by atoms with van der Waals surface area (Å²) >= 11 is 0. The molecule has 0 rings (SSSR count). The van der Waals surface area contributed by atoms with E-state index in [-0.39, 0.29) is 6.61 Å². The highest BCUT2D eigenvalue weighted by Crippen LogP contribution is 2.32. The van der Waals surface area contributed by atoms with Crippen LogP contribution in [0.1, 0.15) is 39.5 Å². The van der Waals surface area contributed by atoms with Crippen molar-refractivity contribution < 1.29 is 19.0 Å². The first kappa shape index (κ1) is 18.6. The first-order valence-electron chi connectivity index (χ1n) is 5.78. The van der Waals surface area contributed by atoms with Gasteiger partial charge in [-0.25, -0.2) is 0 Å². The van der Waals surface area contributed by atoms with Crippen molar-refractivity contribution >= 4 is 8.60 Å². The molecule has 0 saturated carbocycles. The van der Waals surface area contributed by atoms with Crippen molar-refractivity contribution in [1.82, 2.24) is 0 Å². The Labute approximate surface area is 99.9 Å². The smallest absolute Gasteiger partial charge is 0.329 e. The van der Waals surface area contributed by atoms with Gasteiger partial charge in [0.2, 0.25) is 0 Å². The van der Waals surface area contributed by atoms with Crippen LogP contribution in [0.2, 0.25) is 0 Å². The fraction of sp³-hybridized carbons (Fsp3) is 1.00. The molecular weight excluding hydrogens is 229 g/mol. The molecule has 0 atom stereocenters. The molecule has 0 aromatic carbocycles. The van der Waals surface area contributed by atoms with E-state index in [1.165, 1.54) is 0 Å². The Morgan fingerprint density at radius 1 is 1.06 bits per heavy atom. The summed E-state index contributed by atoms with van der Waals surface area (Å²) in [6.07, 6.45) is 4.13. The molecule has 16 heavy (non-hydrogen) atoms. The quantitative estimate of drug-likeness (QED) is 0.432. The van der Waals surface area contributed by atoms with E-state index in [2.05, 4.69) is 13.8 Å². The molecule has 0 aliphatic rings. The summed E-state index contributed by atoms with van der Waals surface area (Å²) in [6, 6.07) is 0. The van der Waals surface area contributed by atoms with Crippen LogP contribution < -0.4 is 5.73 Å². The SMILES string of the molecule is CCCCOP(O)OCCCC.NCCO. The Morgan fingerprint density at radius 2 is 1.44 bits per heavy atom. The van der Waals surface area contributed by atoms with E-state index in [1.807, 2.05) is 0 Å². The first-order chi connectivity index (χ1) is 7.72. The van der Waals surface area contributed by atoms with Gasteiger partial charge in [-0.3, -0.25) is 0 Å². The van der Waals surface area contributed by atoms with E-state index in [0.717, 1.165) is 25.7 Å². The van der Waals surface area contributed by atoms with Crippen molar-refractivity contribution in [3.05, 3.63) is 0 Å². The van der Waals surface area contributed by atoms with Gasteiger partial charge in [0.05, 0.1) is 19.8 Å². The molecule has 0 aromatic rings. The number of aliphatic hydroxyl groups is 1. The van der Waals surface area contributed by atoms with Gasteiger partial charge in [0.1, 0.15) is 0 Å². The van der Waals surface area contributed by atoms with Gasteiger partial charge in [0, 0.05) is 6.54 Å². The maximum absolute atomic E-state index is 9.12. The highest BCUT2D eigenvalue weighted by atomic mass is 31.2. The van der Waals surface area contributed by atoms with Gasteiger partial charge in [-0.2, -0.15) is 0 Å². The lowest BCUT2D eigenvalue weighted by Gasteiger charge is -2.09. The molecule has 0 spiro atoms. The van der Waals surface area contributed by atoms with Gasteiger partial charge in [-0.1, -0.05) is 26.7 Å². The van der Waals surface area contributed by atoms with Crippen molar-refractivity contribution in [2.24, 2.45) is 5.73 Å². The molecule has 5 nitrogen and oxygen atoms in total. The molecule has 0 heterocycles. The molecule has 0 unspecified atom stereocenters. The molecule has 0 aliphatic carbocycles. The minimum atomic E-state index is -1.60. The number of unbranched alkanes of at least 4 members (excludes halogenated alkanes) is 2.